The molecule has 2 heteroatoms. The van der Waals surface area contributed by atoms with E-state index in [1.165, 1.54) is 25.7 Å². The normalized spacial score (nSPS) is 23.2. The molecule has 1 rings (SSSR count). The number of rotatable bonds is 5. The summed E-state index contributed by atoms with van der Waals surface area (Å²) in [6.45, 7) is 5.01. The van der Waals surface area contributed by atoms with Crippen molar-refractivity contribution in [3.63, 3.8) is 0 Å². The highest BCUT2D eigenvalue weighted by atomic mass is 16.3. The maximum absolute atomic E-state index is 9.37. The molecule has 0 spiro atoms. The molecule has 0 amide bonds. The van der Waals surface area contributed by atoms with Crippen LogP contribution in [0.25, 0.3) is 0 Å². The number of hydrogen-bond donors (Lipinski definition) is 2. The van der Waals surface area contributed by atoms with Gasteiger partial charge >= 0.3 is 0 Å². The first kappa shape index (κ1) is 10.0. The van der Waals surface area contributed by atoms with Gasteiger partial charge in [0.05, 0.1) is 6.10 Å². The lowest BCUT2D eigenvalue weighted by Gasteiger charge is -2.42. The van der Waals surface area contributed by atoms with E-state index in [-0.39, 0.29) is 6.10 Å². The Morgan fingerprint density at radius 2 is 2.08 bits per heavy atom. The van der Waals surface area contributed by atoms with Crippen molar-refractivity contribution in [2.75, 3.05) is 6.54 Å². The zero-order valence-electron chi connectivity index (χ0n) is 8.27. The Labute approximate surface area is 75.4 Å². The van der Waals surface area contributed by atoms with Gasteiger partial charge in [-0.2, -0.15) is 0 Å². The van der Waals surface area contributed by atoms with E-state index in [0.29, 0.717) is 5.54 Å². The second kappa shape index (κ2) is 4.24. The molecule has 1 unspecified atom stereocenters. The summed E-state index contributed by atoms with van der Waals surface area (Å²) >= 11 is 0. The topological polar surface area (TPSA) is 32.3 Å². The Balaban J connectivity index is 2.20. The number of hydrogen-bond acceptors (Lipinski definition) is 2. The van der Waals surface area contributed by atoms with Gasteiger partial charge in [0.1, 0.15) is 0 Å². The van der Waals surface area contributed by atoms with Crippen LogP contribution in [0.4, 0.5) is 0 Å². The summed E-state index contributed by atoms with van der Waals surface area (Å²) in [5.41, 5.74) is 0.385. The predicted octanol–water partition coefficient (Wildman–Crippen LogP) is 1.68. The van der Waals surface area contributed by atoms with Crippen LogP contribution in [0.2, 0.25) is 0 Å². The minimum Gasteiger partial charge on any atom is -0.392 e. The zero-order chi connectivity index (χ0) is 9.03. The van der Waals surface area contributed by atoms with E-state index in [1.807, 2.05) is 6.92 Å². The molecule has 0 bridgehead atoms. The second-order valence-electron chi connectivity index (χ2n) is 3.93. The first-order chi connectivity index (χ1) is 5.72. The Bertz CT molecular complexity index is 126. The third-order valence-corrected chi connectivity index (χ3v) is 3.17. The first-order valence-electron chi connectivity index (χ1n) is 5.15. The lowest BCUT2D eigenvalue weighted by molar-refractivity contribution is 0.117. The summed E-state index contributed by atoms with van der Waals surface area (Å²) in [4.78, 5) is 0. The molecule has 0 aromatic heterocycles. The Morgan fingerprint density at radius 1 is 1.42 bits per heavy atom. The van der Waals surface area contributed by atoms with Crippen LogP contribution in [0.3, 0.4) is 0 Å². The van der Waals surface area contributed by atoms with Gasteiger partial charge in [0.15, 0.2) is 0 Å². The number of aliphatic hydroxyl groups excluding tert-OH is 1. The molecule has 12 heavy (non-hydrogen) atoms. The molecule has 1 fully saturated rings. The summed E-state index contributed by atoms with van der Waals surface area (Å²) in [7, 11) is 0. The fraction of sp³-hybridized carbons (Fsp3) is 1.00. The predicted molar refractivity (Wildman–Crippen MR) is 51.2 cm³/mol. The van der Waals surface area contributed by atoms with E-state index < -0.39 is 0 Å². The smallest absolute Gasteiger partial charge is 0.0662 e. The molecule has 1 aliphatic carbocycles. The molecule has 0 saturated heterocycles. The number of aliphatic hydroxyl groups is 1. The monoisotopic (exact) mass is 171 g/mol. The molecule has 0 aliphatic heterocycles. The lowest BCUT2D eigenvalue weighted by atomic mass is 9.75. The minimum atomic E-state index is -0.158. The Hall–Kier alpha value is -0.0800. The summed E-state index contributed by atoms with van der Waals surface area (Å²) in [5, 5.41) is 12.9. The number of nitrogens with one attached hydrogen (secondary N) is 1. The van der Waals surface area contributed by atoms with Gasteiger partial charge < -0.3 is 10.4 Å². The third kappa shape index (κ3) is 2.20. The molecular weight excluding hydrogens is 150 g/mol. The highest BCUT2D eigenvalue weighted by molar-refractivity contribution is 4.94. The average Bonchev–Trinajstić information content (AvgIpc) is 2.03. The summed E-state index contributed by atoms with van der Waals surface area (Å²) < 4.78 is 0. The molecular formula is C10H21NO. The van der Waals surface area contributed by atoms with E-state index >= 15 is 0 Å². The van der Waals surface area contributed by atoms with Gasteiger partial charge in [-0.1, -0.05) is 13.8 Å². The second-order valence-corrected chi connectivity index (χ2v) is 3.93. The van der Waals surface area contributed by atoms with Gasteiger partial charge in [-0.3, -0.25) is 0 Å². The van der Waals surface area contributed by atoms with Crippen molar-refractivity contribution >= 4 is 0 Å². The van der Waals surface area contributed by atoms with Gasteiger partial charge in [-0.05, 0) is 32.1 Å². The van der Waals surface area contributed by atoms with Crippen LogP contribution in [0.5, 0.6) is 0 Å². The minimum absolute atomic E-state index is 0.158. The van der Waals surface area contributed by atoms with Crippen LogP contribution in [-0.2, 0) is 0 Å². The largest absolute Gasteiger partial charge is 0.392 e. The van der Waals surface area contributed by atoms with Crippen molar-refractivity contribution in [1.29, 1.82) is 0 Å². The van der Waals surface area contributed by atoms with Gasteiger partial charge in [0.25, 0.3) is 0 Å². The fourth-order valence-electron chi connectivity index (χ4n) is 1.74. The van der Waals surface area contributed by atoms with E-state index in [0.717, 1.165) is 13.0 Å². The first-order valence-corrected chi connectivity index (χ1v) is 5.15. The van der Waals surface area contributed by atoms with Crippen molar-refractivity contribution in [2.24, 2.45) is 0 Å². The summed E-state index contributed by atoms with van der Waals surface area (Å²) in [6, 6.07) is 0. The molecule has 1 atom stereocenters. The Kier molecular flexibility index (Phi) is 3.53. The molecule has 2 nitrogen and oxygen atoms in total. The van der Waals surface area contributed by atoms with E-state index in [4.69, 9.17) is 0 Å². The SMILES string of the molecule is CCC(O)CNC1(CC)CCC1. The number of β-amino-alcohol motifs (C(OH)–C–C–N with tert-alkyl or cyclic N) is 1. The average molecular weight is 171 g/mol. The molecule has 0 aromatic rings. The molecule has 1 saturated carbocycles. The van der Waals surface area contributed by atoms with Crippen LogP contribution < -0.4 is 5.32 Å². The maximum atomic E-state index is 9.37. The quantitative estimate of drug-likeness (QED) is 0.659. The van der Waals surface area contributed by atoms with E-state index in [9.17, 15) is 5.11 Å². The van der Waals surface area contributed by atoms with Gasteiger partial charge in [0, 0.05) is 12.1 Å². The van der Waals surface area contributed by atoms with Crippen LogP contribution >= 0.6 is 0 Å². The molecule has 2 N–H and O–H groups in total. The van der Waals surface area contributed by atoms with Crippen molar-refractivity contribution in [1.82, 2.24) is 5.32 Å². The highest BCUT2D eigenvalue weighted by Gasteiger charge is 2.34. The van der Waals surface area contributed by atoms with Gasteiger partial charge in [-0.15, -0.1) is 0 Å². The third-order valence-electron chi connectivity index (χ3n) is 3.17. The fourth-order valence-corrected chi connectivity index (χ4v) is 1.74. The zero-order valence-corrected chi connectivity index (χ0v) is 8.27. The van der Waals surface area contributed by atoms with Gasteiger partial charge in [-0.25, -0.2) is 0 Å². The van der Waals surface area contributed by atoms with Crippen molar-refractivity contribution in [2.45, 2.75) is 57.6 Å². The van der Waals surface area contributed by atoms with Crippen LogP contribution in [0.1, 0.15) is 46.0 Å². The maximum Gasteiger partial charge on any atom is 0.0662 e. The molecule has 1 aliphatic rings. The lowest BCUT2D eigenvalue weighted by Crippen LogP contribution is -2.52. The summed E-state index contributed by atoms with van der Waals surface area (Å²) in [6.07, 6.45) is 5.83. The van der Waals surface area contributed by atoms with Crippen LogP contribution in [0.15, 0.2) is 0 Å². The molecule has 0 radical (unpaired) electrons. The van der Waals surface area contributed by atoms with Gasteiger partial charge in [0.2, 0.25) is 0 Å². The van der Waals surface area contributed by atoms with Crippen molar-refractivity contribution in [3.8, 4) is 0 Å². The Morgan fingerprint density at radius 3 is 2.42 bits per heavy atom. The highest BCUT2D eigenvalue weighted by Crippen LogP contribution is 2.34. The summed E-state index contributed by atoms with van der Waals surface area (Å²) in [5.74, 6) is 0. The van der Waals surface area contributed by atoms with Crippen molar-refractivity contribution < 1.29 is 5.11 Å². The molecule has 0 aromatic carbocycles. The molecule has 0 heterocycles. The standard InChI is InChI=1S/C10H21NO/c1-3-9(12)8-11-10(4-2)6-5-7-10/h9,11-12H,3-8H2,1-2H3. The van der Waals surface area contributed by atoms with Crippen molar-refractivity contribution in [3.05, 3.63) is 0 Å². The van der Waals surface area contributed by atoms with E-state index in [1.54, 1.807) is 0 Å². The van der Waals surface area contributed by atoms with Crippen LogP contribution in [0, 0.1) is 0 Å². The molecule has 72 valence electrons. The van der Waals surface area contributed by atoms with Crippen LogP contribution in [-0.4, -0.2) is 23.3 Å². The van der Waals surface area contributed by atoms with E-state index in [2.05, 4.69) is 12.2 Å².